The van der Waals surface area contributed by atoms with Gasteiger partial charge in [-0.1, -0.05) is 47.5 Å². The third kappa shape index (κ3) is 7.02. The highest BCUT2D eigenvalue weighted by Gasteiger charge is 2.31. The quantitative estimate of drug-likeness (QED) is 0.347. The van der Waals surface area contributed by atoms with E-state index >= 15 is 0 Å². The molecule has 2 N–H and O–H groups in total. The molecule has 0 saturated heterocycles. The van der Waals surface area contributed by atoms with Crippen LogP contribution in [-0.4, -0.2) is 41.0 Å². The molecule has 0 unspecified atom stereocenters. The van der Waals surface area contributed by atoms with E-state index < -0.39 is 12.0 Å². The summed E-state index contributed by atoms with van der Waals surface area (Å²) < 4.78 is 0. The summed E-state index contributed by atoms with van der Waals surface area (Å²) in [4.78, 5) is 35.2. The lowest BCUT2D eigenvalue weighted by Crippen LogP contribution is -2.49. The van der Waals surface area contributed by atoms with Gasteiger partial charge in [0.2, 0.25) is 12.3 Å². The molecular formula is C16H30N2O4. The van der Waals surface area contributed by atoms with Gasteiger partial charge in [0.15, 0.2) is 5.78 Å². The van der Waals surface area contributed by atoms with Crippen molar-refractivity contribution in [1.29, 1.82) is 0 Å². The van der Waals surface area contributed by atoms with Gasteiger partial charge in [-0.15, -0.1) is 0 Å². The number of carbonyl (C=O) groups is 3. The Balaban J connectivity index is 5.07. The molecule has 0 aromatic rings. The van der Waals surface area contributed by atoms with E-state index in [4.69, 9.17) is 0 Å². The minimum Gasteiger partial charge on any atom is -0.346 e. The summed E-state index contributed by atoms with van der Waals surface area (Å²) in [5.74, 6) is -1.03. The SMILES string of the molecule is CCCC[C@H](CN(O)C=O)C(=O)[C@@H](NC(=O)C(C)C)C(C)C. The summed E-state index contributed by atoms with van der Waals surface area (Å²) in [6, 6.07) is -0.600. The van der Waals surface area contributed by atoms with Crippen molar-refractivity contribution < 1.29 is 19.6 Å². The number of hydrogen-bond donors (Lipinski definition) is 2. The molecule has 2 amide bonds. The number of rotatable bonds is 11. The number of hydrogen-bond acceptors (Lipinski definition) is 4. The van der Waals surface area contributed by atoms with Crippen molar-refractivity contribution in [2.45, 2.75) is 59.9 Å². The normalized spacial score (nSPS) is 13.8. The Morgan fingerprint density at radius 3 is 2.23 bits per heavy atom. The fourth-order valence-electron chi connectivity index (χ4n) is 2.18. The average Bonchev–Trinajstić information content (AvgIpc) is 2.47. The Morgan fingerprint density at radius 2 is 1.82 bits per heavy atom. The molecule has 0 aromatic carbocycles. The summed E-state index contributed by atoms with van der Waals surface area (Å²) in [7, 11) is 0. The standard InChI is InChI=1S/C16H30N2O4/c1-6-7-8-13(9-18(22)10-19)15(20)14(11(2)3)17-16(21)12(4)5/h10-14,22H,6-9H2,1-5H3,(H,17,21)/t13-,14+/m1/s1. The second-order valence-corrected chi connectivity index (χ2v) is 6.35. The minimum absolute atomic E-state index is 0.0386. The fraction of sp³-hybridized carbons (Fsp3) is 0.812. The van der Waals surface area contributed by atoms with Crippen molar-refractivity contribution >= 4 is 18.1 Å². The molecule has 2 atom stereocenters. The maximum atomic E-state index is 12.7. The zero-order valence-corrected chi connectivity index (χ0v) is 14.3. The molecule has 0 bridgehead atoms. The molecule has 0 fully saturated rings. The molecule has 0 aliphatic rings. The van der Waals surface area contributed by atoms with Gasteiger partial charge in [0.1, 0.15) is 0 Å². The Kier molecular flexibility index (Phi) is 9.65. The van der Waals surface area contributed by atoms with Crippen molar-refractivity contribution in [2.24, 2.45) is 17.8 Å². The number of ketones is 1. The lowest BCUT2D eigenvalue weighted by molar-refractivity contribution is -0.155. The molecule has 0 saturated carbocycles. The van der Waals surface area contributed by atoms with Crippen molar-refractivity contribution in [3.63, 3.8) is 0 Å². The monoisotopic (exact) mass is 314 g/mol. The number of nitrogens with one attached hydrogen (secondary N) is 1. The van der Waals surface area contributed by atoms with Crippen LogP contribution in [0.3, 0.4) is 0 Å². The zero-order chi connectivity index (χ0) is 17.3. The Morgan fingerprint density at radius 1 is 1.23 bits per heavy atom. The molecule has 0 aliphatic carbocycles. The van der Waals surface area contributed by atoms with Gasteiger partial charge in [-0.2, -0.15) is 0 Å². The van der Waals surface area contributed by atoms with Gasteiger partial charge < -0.3 is 5.32 Å². The molecule has 0 aliphatic heterocycles. The molecule has 0 heterocycles. The molecule has 6 heteroatoms. The number of amides is 2. The van der Waals surface area contributed by atoms with E-state index in [-0.39, 0.29) is 30.1 Å². The van der Waals surface area contributed by atoms with Gasteiger partial charge >= 0.3 is 0 Å². The molecule has 22 heavy (non-hydrogen) atoms. The van der Waals surface area contributed by atoms with Crippen LogP contribution in [0.4, 0.5) is 0 Å². The second kappa shape index (κ2) is 10.3. The summed E-state index contributed by atoms with van der Waals surface area (Å²) >= 11 is 0. The van der Waals surface area contributed by atoms with Gasteiger partial charge in [-0.3, -0.25) is 19.6 Å². The molecule has 0 aromatic heterocycles. The highest BCUT2D eigenvalue weighted by Crippen LogP contribution is 2.17. The van der Waals surface area contributed by atoms with Crippen molar-refractivity contribution in [3.05, 3.63) is 0 Å². The van der Waals surface area contributed by atoms with E-state index in [0.29, 0.717) is 17.9 Å². The van der Waals surface area contributed by atoms with E-state index in [1.54, 1.807) is 13.8 Å². The minimum atomic E-state index is -0.600. The van der Waals surface area contributed by atoms with Crippen LogP contribution in [0.5, 0.6) is 0 Å². The highest BCUT2D eigenvalue weighted by molar-refractivity contribution is 5.91. The van der Waals surface area contributed by atoms with E-state index in [1.807, 2.05) is 20.8 Å². The predicted molar refractivity (Wildman–Crippen MR) is 84.2 cm³/mol. The Bertz CT molecular complexity index is 369. The van der Waals surface area contributed by atoms with E-state index in [0.717, 1.165) is 12.8 Å². The van der Waals surface area contributed by atoms with Gasteiger partial charge in [0, 0.05) is 11.8 Å². The molecule has 0 spiro atoms. The third-order valence-corrected chi connectivity index (χ3v) is 3.63. The smallest absolute Gasteiger partial charge is 0.233 e. The lowest BCUT2D eigenvalue weighted by Gasteiger charge is -2.27. The average molecular weight is 314 g/mol. The summed E-state index contributed by atoms with van der Waals surface area (Å²) in [6.07, 6.45) is 2.62. The van der Waals surface area contributed by atoms with Crippen LogP contribution in [-0.2, 0) is 14.4 Å². The zero-order valence-electron chi connectivity index (χ0n) is 14.3. The first-order chi connectivity index (χ1) is 10.2. The topological polar surface area (TPSA) is 86.7 Å². The van der Waals surface area contributed by atoms with Crippen LogP contribution in [0.25, 0.3) is 0 Å². The summed E-state index contributed by atoms with van der Waals surface area (Å²) in [5.41, 5.74) is 0. The van der Waals surface area contributed by atoms with Crippen LogP contribution in [0, 0.1) is 17.8 Å². The van der Waals surface area contributed by atoms with Crippen LogP contribution < -0.4 is 5.32 Å². The molecule has 128 valence electrons. The highest BCUT2D eigenvalue weighted by atomic mass is 16.5. The maximum absolute atomic E-state index is 12.7. The summed E-state index contributed by atoms with van der Waals surface area (Å²) in [6.45, 7) is 9.26. The van der Waals surface area contributed by atoms with Crippen LogP contribution >= 0.6 is 0 Å². The fourth-order valence-corrected chi connectivity index (χ4v) is 2.18. The number of nitrogens with zero attached hydrogens (tertiary/aromatic N) is 1. The first kappa shape index (κ1) is 20.6. The first-order valence-electron chi connectivity index (χ1n) is 7.99. The lowest BCUT2D eigenvalue weighted by atomic mass is 9.87. The van der Waals surface area contributed by atoms with Crippen LogP contribution in [0.15, 0.2) is 0 Å². The van der Waals surface area contributed by atoms with Gasteiger partial charge in [-0.05, 0) is 12.3 Å². The van der Waals surface area contributed by atoms with Crippen molar-refractivity contribution in [2.75, 3.05) is 6.54 Å². The molecule has 0 rings (SSSR count). The first-order valence-corrected chi connectivity index (χ1v) is 7.99. The van der Waals surface area contributed by atoms with Gasteiger partial charge in [0.05, 0.1) is 12.6 Å². The van der Waals surface area contributed by atoms with Crippen LogP contribution in [0.2, 0.25) is 0 Å². The van der Waals surface area contributed by atoms with Crippen molar-refractivity contribution in [1.82, 2.24) is 10.4 Å². The Hall–Kier alpha value is -1.43. The van der Waals surface area contributed by atoms with E-state index in [2.05, 4.69) is 5.32 Å². The van der Waals surface area contributed by atoms with Gasteiger partial charge in [0.25, 0.3) is 0 Å². The number of carbonyl (C=O) groups excluding carboxylic acids is 3. The van der Waals surface area contributed by atoms with Gasteiger partial charge in [-0.25, -0.2) is 5.06 Å². The summed E-state index contributed by atoms with van der Waals surface area (Å²) in [5, 5.41) is 12.7. The molecular weight excluding hydrogens is 284 g/mol. The second-order valence-electron chi connectivity index (χ2n) is 6.35. The Labute approximate surface area is 133 Å². The third-order valence-electron chi connectivity index (χ3n) is 3.63. The van der Waals surface area contributed by atoms with E-state index in [1.165, 1.54) is 0 Å². The number of Topliss-reactive ketones (excluding diaryl/α,β-unsaturated/α-hetero) is 1. The van der Waals surface area contributed by atoms with Crippen molar-refractivity contribution in [3.8, 4) is 0 Å². The largest absolute Gasteiger partial charge is 0.346 e. The van der Waals surface area contributed by atoms with E-state index in [9.17, 15) is 19.6 Å². The predicted octanol–water partition coefficient (Wildman–Crippen LogP) is 2.01. The maximum Gasteiger partial charge on any atom is 0.233 e. The number of hydroxylamine groups is 2. The molecule has 0 radical (unpaired) electrons. The van der Waals surface area contributed by atoms with Crippen LogP contribution in [0.1, 0.15) is 53.9 Å². The molecule has 6 nitrogen and oxygen atoms in total. The number of unbranched alkanes of at least 4 members (excludes halogenated alkanes) is 1.